The minimum absolute atomic E-state index is 0.168. The Balaban J connectivity index is 2.19. The lowest BCUT2D eigenvalue weighted by molar-refractivity contribution is 0.414. The van der Waals surface area contributed by atoms with E-state index in [9.17, 15) is 4.57 Å². The second-order valence-electron chi connectivity index (χ2n) is 4.08. The third-order valence-corrected chi connectivity index (χ3v) is 3.38. The van der Waals surface area contributed by atoms with E-state index in [1.807, 2.05) is 30.3 Å². The van der Waals surface area contributed by atoms with Gasteiger partial charge in [0.2, 0.25) is 0 Å². The third kappa shape index (κ3) is 3.18. The standard InChI is InChI=1S/C15H15O2P/c1-17-15-8-6-12(7-9-15)10-13-4-2-3-5-14(13)11-18-16/h2-9H,10-11H2,1H3. The highest BCUT2D eigenvalue weighted by Gasteiger charge is 2.03. The van der Waals surface area contributed by atoms with Gasteiger partial charge in [-0.1, -0.05) is 36.4 Å². The molecule has 0 fully saturated rings. The van der Waals surface area contributed by atoms with Gasteiger partial charge in [-0.15, -0.1) is 0 Å². The van der Waals surface area contributed by atoms with Crippen molar-refractivity contribution in [2.45, 2.75) is 12.6 Å². The van der Waals surface area contributed by atoms with E-state index in [0.717, 1.165) is 17.7 Å². The zero-order valence-electron chi connectivity index (χ0n) is 10.3. The Labute approximate surface area is 109 Å². The lowest BCUT2D eigenvalue weighted by atomic mass is 10.0. The molecule has 0 saturated heterocycles. The van der Waals surface area contributed by atoms with Gasteiger partial charge in [0, 0.05) is 0 Å². The van der Waals surface area contributed by atoms with Crippen LogP contribution in [0.15, 0.2) is 48.5 Å². The first-order valence-corrected chi connectivity index (χ1v) is 6.82. The second-order valence-corrected chi connectivity index (χ2v) is 4.66. The molecule has 0 heterocycles. The van der Waals surface area contributed by atoms with Crippen LogP contribution in [0.25, 0.3) is 0 Å². The van der Waals surface area contributed by atoms with Crippen LogP contribution in [0, 0.1) is 0 Å². The van der Waals surface area contributed by atoms with Crippen LogP contribution in [-0.2, 0) is 17.1 Å². The molecule has 92 valence electrons. The molecule has 0 amide bonds. The van der Waals surface area contributed by atoms with Crippen molar-refractivity contribution < 1.29 is 9.30 Å². The van der Waals surface area contributed by atoms with Crippen molar-refractivity contribution in [3.8, 4) is 5.75 Å². The van der Waals surface area contributed by atoms with E-state index in [4.69, 9.17) is 4.74 Å². The average Bonchev–Trinajstić information content (AvgIpc) is 2.42. The van der Waals surface area contributed by atoms with Crippen LogP contribution in [0.4, 0.5) is 0 Å². The monoisotopic (exact) mass is 258 g/mol. The van der Waals surface area contributed by atoms with E-state index in [1.165, 1.54) is 11.1 Å². The molecule has 2 aromatic rings. The van der Waals surface area contributed by atoms with Crippen LogP contribution in [0.5, 0.6) is 5.75 Å². The van der Waals surface area contributed by atoms with Crippen LogP contribution >= 0.6 is 8.46 Å². The summed E-state index contributed by atoms with van der Waals surface area (Å²) in [7, 11) is 1.83. The summed E-state index contributed by atoms with van der Waals surface area (Å²) in [5.74, 6) is 0.866. The molecule has 3 heteroatoms. The fourth-order valence-electron chi connectivity index (χ4n) is 1.92. The van der Waals surface area contributed by atoms with Gasteiger partial charge in [0.1, 0.15) is 5.75 Å². The van der Waals surface area contributed by atoms with Crippen LogP contribution in [0.1, 0.15) is 16.7 Å². The molecular formula is C15H15O2P. The van der Waals surface area contributed by atoms with Gasteiger partial charge in [-0.3, -0.25) is 4.57 Å². The maximum atomic E-state index is 10.7. The zero-order valence-corrected chi connectivity index (χ0v) is 11.2. The molecule has 0 spiro atoms. The molecule has 0 atom stereocenters. The fourth-order valence-corrected chi connectivity index (χ4v) is 2.36. The van der Waals surface area contributed by atoms with Crippen molar-refractivity contribution in [3.05, 3.63) is 65.2 Å². The highest BCUT2D eigenvalue weighted by atomic mass is 31.1. The molecule has 0 bridgehead atoms. The summed E-state index contributed by atoms with van der Waals surface area (Å²) in [5.41, 5.74) is 3.60. The summed E-state index contributed by atoms with van der Waals surface area (Å²) >= 11 is 0. The van der Waals surface area contributed by atoms with Crippen molar-refractivity contribution in [1.29, 1.82) is 0 Å². The fraction of sp³-hybridized carbons (Fsp3) is 0.200. The third-order valence-electron chi connectivity index (χ3n) is 2.91. The van der Waals surface area contributed by atoms with Gasteiger partial charge in [0.15, 0.2) is 8.46 Å². The van der Waals surface area contributed by atoms with E-state index in [2.05, 4.69) is 18.2 Å². The van der Waals surface area contributed by atoms with E-state index in [-0.39, 0.29) is 8.46 Å². The van der Waals surface area contributed by atoms with Crippen molar-refractivity contribution in [1.82, 2.24) is 0 Å². The van der Waals surface area contributed by atoms with Crippen molar-refractivity contribution in [3.63, 3.8) is 0 Å². The first-order valence-electron chi connectivity index (χ1n) is 5.82. The van der Waals surface area contributed by atoms with Gasteiger partial charge in [-0.25, -0.2) is 0 Å². The molecule has 0 unspecified atom stereocenters. The normalized spacial score (nSPS) is 10.5. The lowest BCUT2D eigenvalue weighted by Gasteiger charge is -2.07. The summed E-state index contributed by atoms with van der Waals surface area (Å²) in [4.78, 5) is 0. The van der Waals surface area contributed by atoms with E-state index in [1.54, 1.807) is 7.11 Å². The maximum Gasteiger partial charge on any atom is 0.160 e. The average molecular weight is 258 g/mol. The molecule has 0 N–H and O–H groups in total. The predicted octanol–water partition coefficient (Wildman–Crippen LogP) is 4.08. The molecule has 0 aliphatic carbocycles. The minimum atomic E-state index is 0.168. The van der Waals surface area contributed by atoms with Crippen LogP contribution in [0.3, 0.4) is 0 Å². The predicted molar refractivity (Wildman–Crippen MR) is 73.6 cm³/mol. The van der Waals surface area contributed by atoms with Gasteiger partial charge in [-0.05, 0) is 35.2 Å². The molecule has 2 rings (SSSR count). The largest absolute Gasteiger partial charge is 0.497 e. The van der Waals surface area contributed by atoms with Crippen LogP contribution < -0.4 is 4.74 Å². The number of hydrogen-bond acceptors (Lipinski definition) is 2. The quantitative estimate of drug-likeness (QED) is 0.755. The molecular weight excluding hydrogens is 243 g/mol. The minimum Gasteiger partial charge on any atom is -0.497 e. The highest BCUT2D eigenvalue weighted by molar-refractivity contribution is 7.22. The van der Waals surface area contributed by atoms with Crippen LogP contribution in [-0.4, -0.2) is 7.11 Å². The first-order chi connectivity index (χ1) is 8.83. The Morgan fingerprint density at radius 2 is 1.67 bits per heavy atom. The number of benzene rings is 2. The van der Waals surface area contributed by atoms with Crippen LogP contribution in [0.2, 0.25) is 0 Å². The molecule has 0 saturated carbocycles. The summed E-state index contributed by atoms with van der Waals surface area (Å²) in [6.07, 6.45) is 1.43. The Morgan fingerprint density at radius 3 is 2.28 bits per heavy atom. The molecule has 0 radical (unpaired) electrons. The Bertz CT molecular complexity index is 520. The van der Waals surface area contributed by atoms with E-state index >= 15 is 0 Å². The smallest absolute Gasteiger partial charge is 0.160 e. The molecule has 2 nitrogen and oxygen atoms in total. The Kier molecular flexibility index (Phi) is 4.49. The van der Waals surface area contributed by atoms with Gasteiger partial charge < -0.3 is 4.74 Å². The highest BCUT2D eigenvalue weighted by Crippen LogP contribution is 2.20. The number of rotatable bonds is 5. The van der Waals surface area contributed by atoms with Gasteiger partial charge in [0.25, 0.3) is 0 Å². The van der Waals surface area contributed by atoms with Gasteiger partial charge in [0.05, 0.1) is 13.3 Å². The first kappa shape index (κ1) is 12.8. The lowest BCUT2D eigenvalue weighted by Crippen LogP contribution is -1.93. The summed E-state index contributed by atoms with van der Waals surface area (Å²) in [6.45, 7) is 0. The van der Waals surface area contributed by atoms with E-state index < -0.39 is 0 Å². The molecule has 0 aliphatic heterocycles. The number of methoxy groups -OCH3 is 1. The zero-order chi connectivity index (χ0) is 12.8. The van der Waals surface area contributed by atoms with Gasteiger partial charge in [-0.2, -0.15) is 0 Å². The Morgan fingerprint density at radius 1 is 1.00 bits per heavy atom. The summed E-state index contributed by atoms with van der Waals surface area (Å²) in [5, 5.41) is 0. The van der Waals surface area contributed by atoms with E-state index in [0.29, 0.717) is 6.16 Å². The number of hydrogen-bond donors (Lipinski definition) is 0. The maximum absolute atomic E-state index is 10.7. The number of ether oxygens (including phenoxy) is 1. The molecule has 0 aromatic heterocycles. The summed E-state index contributed by atoms with van der Waals surface area (Å²) < 4.78 is 15.9. The molecule has 2 aromatic carbocycles. The topological polar surface area (TPSA) is 26.3 Å². The summed E-state index contributed by atoms with van der Waals surface area (Å²) in [6, 6.07) is 16.2. The van der Waals surface area contributed by atoms with Crippen molar-refractivity contribution in [2.75, 3.05) is 7.11 Å². The molecule has 0 aliphatic rings. The Hall–Kier alpha value is -1.66. The SMILES string of the molecule is COc1ccc(Cc2ccccc2CP=O)cc1. The van der Waals surface area contributed by atoms with Crippen molar-refractivity contribution in [2.24, 2.45) is 0 Å². The van der Waals surface area contributed by atoms with Gasteiger partial charge >= 0.3 is 0 Å². The second kappa shape index (κ2) is 6.32. The molecule has 18 heavy (non-hydrogen) atoms. The van der Waals surface area contributed by atoms with Crippen molar-refractivity contribution >= 4 is 8.46 Å².